The van der Waals surface area contributed by atoms with Gasteiger partial charge in [-0.25, -0.2) is 19.9 Å². The Bertz CT molecular complexity index is 1010. The number of aromatic amines is 1. The van der Waals surface area contributed by atoms with Crippen molar-refractivity contribution in [1.82, 2.24) is 30.1 Å². The third kappa shape index (κ3) is 1.92. The number of nitrogens with zero attached hydrogens (tertiary/aromatic N) is 5. The lowest BCUT2D eigenvalue weighted by Crippen LogP contribution is -2.07. The second kappa shape index (κ2) is 4.71. The van der Waals surface area contributed by atoms with Crippen LogP contribution in [0.5, 0.6) is 5.88 Å². The molecule has 0 amide bonds. The monoisotopic (exact) mass is 311 g/mol. The van der Waals surface area contributed by atoms with Crippen LogP contribution in [0.15, 0.2) is 6.33 Å². The van der Waals surface area contributed by atoms with Crippen molar-refractivity contribution >= 4 is 11.0 Å². The van der Waals surface area contributed by atoms with Crippen LogP contribution in [0.2, 0.25) is 0 Å². The zero-order valence-electron chi connectivity index (χ0n) is 15.3. The minimum absolute atomic E-state index is 0.0000172. The maximum atomic E-state index is 7.44. The van der Waals surface area contributed by atoms with E-state index in [9.17, 15) is 0 Å². The van der Waals surface area contributed by atoms with E-state index >= 15 is 0 Å². The van der Waals surface area contributed by atoms with Crippen LogP contribution in [0.1, 0.15) is 46.4 Å². The molecule has 116 valence electrons. The number of aromatic nitrogens is 6. The van der Waals surface area contributed by atoms with E-state index in [2.05, 4.69) is 25.1 Å². The molecule has 1 N–H and O–H groups in total. The summed E-state index contributed by atoms with van der Waals surface area (Å²) in [6, 6.07) is 0. The normalized spacial score (nSPS) is 19.2. The molecule has 0 radical (unpaired) electrons. The number of aryl methyl sites for hydroxylation is 2. The van der Waals surface area contributed by atoms with Gasteiger partial charge in [0.2, 0.25) is 5.88 Å². The van der Waals surface area contributed by atoms with E-state index in [1.54, 1.807) is 0 Å². The maximum absolute atomic E-state index is 7.44. The molecule has 0 atom stereocenters. The zero-order valence-corrected chi connectivity index (χ0v) is 12.3. The third-order valence-corrected chi connectivity index (χ3v) is 4.53. The molecule has 23 heavy (non-hydrogen) atoms. The second-order valence-corrected chi connectivity index (χ2v) is 6.06. The first-order valence-electron chi connectivity index (χ1n) is 9.28. The van der Waals surface area contributed by atoms with Gasteiger partial charge in [-0.1, -0.05) is 0 Å². The molecule has 0 aliphatic heterocycles. The Morgan fingerprint density at radius 1 is 1.26 bits per heavy atom. The van der Waals surface area contributed by atoms with Crippen LogP contribution < -0.4 is 4.74 Å². The van der Waals surface area contributed by atoms with Gasteiger partial charge in [-0.2, -0.15) is 5.10 Å². The Labute approximate surface area is 136 Å². The second-order valence-electron chi connectivity index (χ2n) is 6.06. The van der Waals surface area contributed by atoms with Crippen LogP contribution in [0.25, 0.3) is 22.4 Å². The summed E-state index contributed by atoms with van der Waals surface area (Å²) in [7, 11) is -2.61. The first kappa shape index (κ1) is 10.3. The Morgan fingerprint density at radius 2 is 2.22 bits per heavy atom. The Kier molecular flexibility index (Phi) is 2.10. The number of methoxy groups -OCH3 is 1. The van der Waals surface area contributed by atoms with E-state index < -0.39 is 7.04 Å². The quantitative estimate of drug-likeness (QED) is 0.797. The molecule has 2 aliphatic carbocycles. The molecule has 1 fully saturated rings. The van der Waals surface area contributed by atoms with Crippen molar-refractivity contribution in [2.45, 2.75) is 38.0 Å². The summed E-state index contributed by atoms with van der Waals surface area (Å²) in [4.78, 5) is 17.7. The number of ether oxygens (including phenoxy) is 1. The highest BCUT2D eigenvalue weighted by molar-refractivity contribution is 5.83. The number of hydrogen-bond donors (Lipinski definition) is 1. The summed E-state index contributed by atoms with van der Waals surface area (Å²) in [5.74, 6) is 0.645. The molecule has 7 heteroatoms. The number of nitrogens with one attached hydrogen (secondary N) is 1. The molecule has 7 nitrogen and oxygen atoms in total. The van der Waals surface area contributed by atoms with Gasteiger partial charge in [-0.3, -0.25) is 5.10 Å². The van der Waals surface area contributed by atoms with Crippen LogP contribution >= 0.6 is 0 Å². The predicted octanol–water partition coefficient (Wildman–Crippen LogP) is 2.18. The Morgan fingerprint density at radius 3 is 3.09 bits per heavy atom. The molecule has 0 bridgehead atoms. The van der Waals surface area contributed by atoms with Crippen LogP contribution in [0.4, 0.5) is 0 Å². The molecule has 0 unspecified atom stereocenters. The Hall–Kier alpha value is -2.57. The molecule has 0 saturated heterocycles. The summed E-state index contributed by atoms with van der Waals surface area (Å²) in [6.07, 6.45) is 6.09. The fourth-order valence-electron chi connectivity index (χ4n) is 3.30. The molecular weight excluding hydrogens is 292 g/mol. The summed E-state index contributed by atoms with van der Waals surface area (Å²) < 4.78 is 27.5. The van der Waals surface area contributed by atoms with E-state index in [4.69, 9.17) is 13.8 Å². The van der Waals surface area contributed by atoms with Crippen molar-refractivity contribution in [3.8, 4) is 17.3 Å². The van der Waals surface area contributed by atoms with Crippen molar-refractivity contribution in [3.63, 3.8) is 0 Å². The summed E-state index contributed by atoms with van der Waals surface area (Å²) in [5, 5.41) is 8.31. The molecule has 2 aliphatic rings. The third-order valence-electron chi connectivity index (χ3n) is 4.53. The van der Waals surface area contributed by atoms with Crippen LogP contribution in [-0.2, 0) is 12.8 Å². The van der Waals surface area contributed by atoms with Gasteiger partial charge in [0.25, 0.3) is 0 Å². The minimum atomic E-state index is -2.61. The van der Waals surface area contributed by atoms with Crippen LogP contribution in [-0.4, -0.2) is 37.2 Å². The van der Waals surface area contributed by atoms with Gasteiger partial charge < -0.3 is 4.74 Å². The highest BCUT2D eigenvalue weighted by atomic mass is 16.5. The van der Waals surface area contributed by atoms with Gasteiger partial charge >= 0.3 is 0 Å². The maximum Gasteiger partial charge on any atom is 0.227 e. The van der Waals surface area contributed by atoms with Crippen molar-refractivity contribution in [1.29, 1.82) is 0 Å². The van der Waals surface area contributed by atoms with Gasteiger partial charge in [0.15, 0.2) is 11.5 Å². The summed E-state index contributed by atoms with van der Waals surface area (Å²) >= 11 is 0. The smallest absolute Gasteiger partial charge is 0.227 e. The molecule has 5 rings (SSSR count). The van der Waals surface area contributed by atoms with Crippen LogP contribution in [0, 0.1) is 0 Å². The first-order valence-corrected chi connectivity index (χ1v) is 7.78. The van der Waals surface area contributed by atoms with Gasteiger partial charge in [-0.15, -0.1) is 0 Å². The lowest BCUT2D eigenvalue weighted by atomic mass is 10.0. The zero-order chi connectivity index (χ0) is 17.9. The van der Waals surface area contributed by atoms with E-state index in [0.29, 0.717) is 17.0 Å². The number of H-pyrrole nitrogens is 1. The molecule has 3 aromatic rings. The number of rotatable bonds is 3. The molecule has 0 spiro atoms. The SMILES string of the molecule is [2H]C([2H])([2H])Oc1ncnc(C2CC2)c1-c1nc2c3c([nH]nc3n1)CCC2. The average molecular weight is 311 g/mol. The van der Waals surface area contributed by atoms with E-state index in [0.717, 1.165) is 54.6 Å². The fraction of sp³-hybridized carbons (Fsp3) is 0.438. The molecule has 0 aromatic carbocycles. The largest absolute Gasteiger partial charge is 0.480 e. The fourth-order valence-corrected chi connectivity index (χ4v) is 3.30. The van der Waals surface area contributed by atoms with Crippen molar-refractivity contribution in [2.75, 3.05) is 7.04 Å². The van der Waals surface area contributed by atoms with Gasteiger partial charge in [-0.05, 0) is 32.1 Å². The molecular formula is C16H16N6O. The lowest BCUT2D eigenvalue weighted by molar-refractivity contribution is 0.397. The van der Waals surface area contributed by atoms with Gasteiger partial charge in [0.05, 0.1) is 27.9 Å². The topological polar surface area (TPSA) is 89.5 Å². The highest BCUT2D eigenvalue weighted by Crippen LogP contribution is 2.45. The van der Waals surface area contributed by atoms with E-state index in [1.165, 1.54) is 6.33 Å². The summed E-state index contributed by atoms with van der Waals surface area (Å²) in [5.41, 5.74) is 3.78. The first-order chi connectivity index (χ1) is 12.5. The van der Waals surface area contributed by atoms with Crippen molar-refractivity contribution < 1.29 is 8.85 Å². The highest BCUT2D eigenvalue weighted by Gasteiger charge is 2.32. The van der Waals surface area contributed by atoms with Crippen LogP contribution in [0.3, 0.4) is 0 Å². The average Bonchev–Trinajstić information content (AvgIpc) is 3.36. The van der Waals surface area contributed by atoms with E-state index in [-0.39, 0.29) is 11.8 Å². The number of hydrogen-bond acceptors (Lipinski definition) is 6. The molecule has 3 heterocycles. The summed E-state index contributed by atoms with van der Waals surface area (Å²) in [6.45, 7) is 0. The van der Waals surface area contributed by atoms with Crippen molar-refractivity contribution in [2.24, 2.45) is 0 Å². The van der Waals surface area contributed by atoms with Gasteiger partial charge in [0.1, 0.15) is 11.9 Å². The standard InChI is InChI=1S/C16H16N6O/c1-23-16-12(13(8-5-6-8)17-7-18-16)14-19-9-3-2-4-10-11(9)15(20-14)22-21-10/h7-8H,2-6H2,1H3,(H,19,20,21,22)/i1D3. The predicted molar refractivity (Wildman–Crippen MR) is 83.3 cm³/mol. The molecule has 3 aromatic heterocycles. The van der Waals surface area contributed by atoms with Crippen molar-refractivity contribution in [3.05, 3.63) is 23.4 Å². The molecule has 1 saturated carbocycles. The van der Waals surface area contributed by atoms with Gasteiger partial charge in [0, 0.05) is 11.6 Å². The Balaban J connectivity index is 1.73. The minimum Gasteiger partial charge on any atom is -0.480 e. The van der Waals surface area contributed by atoms with E-state index in [1.807, 2.05) is 0 Å². The lowest BCUT2D eigenvalue weighted by Gasteiger charge is -2.14.